The van der Waals surface area contributed by atoms with Gasteiger partial charge in [0.05, 0.1) is 13.7 Å². The molecule has 0 fully saturated rings. The second kappa shape index (κ2) is 12.7. The second-order valence-electron chi connectivity index (χ2n) is 5.24. The molecule has 0 unspecified atom stereocenters. The van der Waals surface area contributed by atoms with Gasteiger partial charge >= 0.3 is 10.4 Å². The van der Waals surface area contributed by atoms with Crippen LogP contribution in [0.4, 0.5) is 0 Å². The summed E-state index contributed by atoms with van der Waals surface area (Å²) in [7, 11) is -2.80. The molecule has 0 amide bonds. The highest BCUT2D eigenvalue weighted by Gasteiger charge is 2.08. The van der Waals surface area contributed by atoms with Crippen molar-refractivity contribution in [2.45, 2.75) is 71.1 Å². The van der Waals surface area contributed by atoms with Gasteiger partial charge in [0.2, 0.25) is 0 Å². The van der Waals surface area contributed by atoms with Crippen molar-refractivity contribution in [3.8, 4) is 0 Å². The van der Waals surface area contributed by atoms with Crippen LogP contribution in [0.1, 0.15) is 71.1 Å². The molecule has 0 bridgehead atoms. The molecule has 0 atom stereocenters. The number of Topliss-reactive ketones (excluding diaryl/α,β-unsaturated/α-hetero) is 2. The van der Waals surface area contributed by atoms with Gasteiger partial charge in [-0.25, -0.2) is 4.18 Å². The monoisotopic (exact) mass is 336 g/mol. The van der Waals surface area contributed by atoms with E-state index in [2.05, 4.69) is 8.37 Å². The molecular formula is C15H28O6S. The maximum Gasteiger partial charge on any atom is 0.399 e. The third-order valence-corrected chi connectivity index (χ3v) is 4.09. The maximum atomic E-state index is 11.6. The summed E-state index contributed by atoms with van der Waals surface area (Å²) in [6.45, 7) is 2.06. The third-order valence-electron chi connectivity index (χ3n) is 3.22. The summed E-state index contributed by atoms with van der Waals surface area (Å²) in [5.74, 6) is 0.481. The Kier molecular flexibility index (Phi) is 12.3. The molecule has 22 heavy (non-hydrogen) atoms. The number of unbranched alkanes of at least 4 members (excludes halogenated alkanes) is 3. The lowest BCUT2D eigenvalue weighted by Crippen LogP contribution is -2.08. The normalized spacial score (nSPS) is 11.5. The molecule has 0 saturated carbocycles. The fraction of sp³-hybridized carbons (Fsp3) is 0.867. The van der Waals surface area contributed by atoms with E-state index in [1.54, 1.807) is 0 Å². The molecule has 0 heterocycles. The number of ketones is 2. The van der Waals surface area contributed by atoms with Crippen molar-refractivity contribution >= 4 is 22.0 Å². The number of carbonyl (C=O) groups is 2. The van der Waals surface area contributed by atoms with Crippen molar-refractivity contribution in [2.24, 2.45) is 0 Å². The predicted octanol–water partition coefficient (Wildman–Crippen LogP) is 2.95. The molecule has 0 radical (unpaired) electrons. The molecule has 0 aliphatic carbocycles. The smallest absolute Gasteiger partial charge is 0.300 e. The van der Waals surface area contributed by atoms with Crippen LogP contribution >= 0.6 is 0 Å². The summed E-state index contributed by atoms with van der Waals surface area (Å²) in [6, 6.07) is 0. The molecule has 0 spiro atoms. The SMILES string of the molecule is CCCC(=O)CCCCC(=O)CCCCCOS(=O)(=O)OC. The minimum Gasteiger partial charge on any atom is -0.300 e. The average molecular weight is 336 g/mol. The minimum atomic E-state index is -3.84. The molecular weight excluding hydrogens is 308 g/mol. The van der Waals surface area contributed by atoms with E-state index in [4.69, 9.17) is 0 Å². The van der Waals surface area contributed by atoms with Crippen molar-refractivity contribution in [2.75, 3.05) is 13.7 Å². The van der Waals surface area contributed by atoms with Crippen LogP contribution < -0.4 is 0 Å². The van der Waals surface area contributed by atoms with Crippen LogP contribution in [0.25, 0.3) is 0 Å². The van der Waals surface area contributed by atoms with Crippen LogP contribution in [0.5, 0.6) is 0 Å². The first-order chi connectivity index (χ1) is 10.4. The zero-order valence-corrected chi connectivity index (χ0v) is 14.5. The van der Waals surface area contributed by atoms with E-state index >= 15 is 0 Å². The first kappa shape index (κ1) is 21.2. The maximum absolute atomic E-state index is 11.6. The highest BCUT2D eigenvalue weighted by atomic mass is 32.3. The highest BCUT2D eigenvalue weighted by Crippen LogP contribution is 2.09. The minimum absolute atomic E-state index is 0.0733. The Hall–Kier alpha value is -0.790. The van der Waals surface area contributed by atoms with E-state index in [9.17, 15) is 18.0 Å². The first-order valence-corrected chi connectivity index (χ1v) is 9.23. The largest absolute Gasteiger partial charge is 0.399 e. The van der Waals surface area contributed by atoms with Gasteiger partial charge in [0, 0.05) is 25.7 Å². The molecule has 0 aromatic rings. The summed E-state index contributed by atoms with van der Waals surface area (Å²) in [5.41, 5.74) is 0. The molecule has 0 aliphatic heterocycles. The van der Waals surface area contributed by atoms with Crippen LogP contribution in [-0.2, 0) is 28.4 Å². The van der Waals surface area contributed by atoms with Crippen LogP contribution in [0.2, 0.25) is 0 Å². The third kappa shape index (κ3) is 12.9. The molecule has 0 saturated heterocycles. The van der Waals surface area contributed by atoms with E-state index < -0.39 is 10.4 Å². The molecule has 0 aromatic carbocycles. The molecule has 0 aromatic heterocycles. The van der Waals surface area contributed by atoms with Gasteiger partial charge in [-0.15, -0.1) is 0 Å². The Labute approximate surface area is 133 Å². The van der Waals surface area contributed by atoms with Crippen molar-refractivity contribution in [1.29, 1.82) is 0 Å². The fourth-order valence-electron chi connectivity index (χ4n) is 1.98. The quantitative estimate of drug-likeness (QED) is 0.427. The predicted molar refractivity (Wildman–Crippen MR) is 83.7 cm³/mol. The lowest BCUT2D eigenvalue weighted by molar-refractivity contribution is -0.121. The van der Waals surface area contributed by atoms with Gasteiger partial charge in [-0.05, 0) is 32.1 Å². The van der Waals surface area contributed by atoms with Crippen LogP contribution in [0.3, 0.4) is 0 Å². The topological polar surface area (TPSA) is 86.7 Å². The molecule has 6 nitrogen and oxygen atoms in total. The van der Waals surface area contributed by atoms with E-state index in [0.29, 0.717) is 32.1 Å². The number of rotatable bonds is 15. The Morgan fingerprint density at radius 3 is 1.82 bits per heavy atom. The van der Waals surface area contributed by atoms with Crippen molar-refractivity contribution in [3.63, 3.8) is 0 Å². The van der Waals surface area contributed by atoms with E-state index in [-0.39, 0.29) is 18.2 Å². The van der Waals surface area contributed by atoms with Gasteiger partial charge in [0.15, 0.2) is 0 Å². The molecule has 7 heteroatoms. The highest BCUT2D eigenvalue weighted by molar-refractivity contribution is 7.81. The lowest BCUT2D eigenvalue weighted by atomic mass is 10.0. The molecule has 0 rings (SSSR count). The summed E-state index contributed by atoms with van der Waals surface area (Å²) in [5, 5.41) is 0. The summed E-state index contributed by atoms with van der Waals surface area (Å²) < 4.78 is 30.4. The number of carbonyl (C=O) groups excluding carboxylic acids is 2. The zero-order valence-electron chi connectivity index (χ0n) is 13.6. The van der Waals surface area contributed by atoms with Crippen LogP contribution in [0, 0.1) is 0 Å². The second-order valence-corrected chi connectivity index (χ2v) is 6.63. The van der Waals surface area contributed by atoms with Gasteiger partial charge in [-0.2, -0.15) is 8.42 Å². The Bertz CT molecular complexity index is 416. The van der Waals surface area contributed by atoms with E-state index in [0.717, 1.165) is 39.2 Å². The Balaban J connectivity index is 3.45. The molecule has 0 aliphatic rings. The summed E-state index contributed by atoms with van der Waals surface area (Å²) >= 11 is 0. The van der Waals surface area contributed by atoms with Crippen LogP contribution in [0.15, 0.2) is 0 Å². The Morgan fingerprint density at radius 2 is 1.32 bits per heavy atom. The van der Waals surface area contributed by atoms with Crippen molar-refractivity contribution in [1.82, 2.24) is 0 Å². The molecule has 130 valence electrons. The van der Waals surface area contributed by atoms with Crippen LogP contribution in [-0.4, -0.2) is 33.7 Å². The first-order valence-electron chi connectivity index (χ1n) is 7.89. The number of hydrogen-bond acceptors (Lipinski definition) is 6. The Morgan fingerprint density at radius 1 is 0.818 bits per heavy atom. The standard InChI is InChI=1S/C15H28O6S/c1-3-9-14(16)11-6-7-12-15(17)10-5-4-8-13-21-22(18,19)20-2/h3-13H2,1-2H3. The molecule has 0 N–H and O–H groups in total. The van der Waals surface area contributed by atoms with Gasteiger partial charge in [0.25, 0.3) is 0 Å². The van der Waals surface area contributed by atoms with Gasteiger partial charge in [-0.1, -0.05) is 13.3 Å². The van der Waals surface area contributed by atoms with E-state index in [1.807, 2.05) is 6.92 Å². The lowest BCUT2D eigenvalue weighted by Gasteiger charge is -2.03. The average Bonchev–Trinajstić information content (AvgIpc) is 2.47. The van der Waals surface area contributed by atoms with Gasteiger partial charge in [-0.3, -0.25) is 13.8 Å². The van der Waals surface area contributed by atoms with Crippen molar-refractivity contribution in [3.05, 3.63) is 0 Å². The van der Waals surface area contributed by atoms with Gasteiger partial charge in [0.1, 0.15) is 11.6 Å². The number of hydrogen-bond donors (Lipinski definition) is 0. The summed E-state index contributed by atoms with van der Waals surface area (Å²) in [6.07, 6.45) is 6.70. The summed E-state index contributed by atoms with van der Waals surface area (Å²) in [4.78, 5) is 22.9. The fourth-order valence-corrected chi connectivity index (χ4v) is 2.40. The van der Waals surface area contributed by atoms with E-state index in [1.165, 1.54) is 0 Å². The van der Waals surface area contributed by atoms with Crippen molar-refractivity contribution < 1.29 is 26.4 Å². The zero-order chi connectivity index (χ0) is 16.8. The van der Waals surface area contributed by atoms with Gasteiger partial charge < -0.3 is 0 Å².